The van der Waals surface area contributed by atoms with E-state index in [0.717, 1.165) is 16.8 Å². The number of hydrogen-bond acceptors (Lipinski definition) is 2. The van der Waals surface area contributed by atoms with Gasteiger partial charge in [0.15, 0.2) is 5.69 Å². The van der Waals surface area contributed by atoms with E-state index in [4.69, 9.17) is 0 Å². The molecule has 0 aliphatic rings. The number of aryl methyl sites for hydroxylation is 1. The maximum atomic E-state index is 11.2. The van der Waals surface area contributed by atoms with Gasteiger partial charge in [0.05, 0.1) is 5.69 Å². The van der Waals surface area contributed by atoms with Gasteiger partial charge >= 0.3 is 5.97 Å². The van der Waals surface area contributed by atoms with E-state index in [1.165, 1.54) is 0 Å². The fraction of sp³-hybridized carbons (Fsp3) is 0.286. The average Bonchev–Trinajstić information content (AvgIpc) is 2.68. The molecule has 0 radical (unpaired) electrons. The largest absolute Gasteiger partial charge is 0.476 e. The molecule has 0 fully saturated rings. The van der Waals surface area contributed by atoms with Gasteiger partial charge in [0.25, 0.3) is 0 Å². The van der Waals surface area contributed by atoms with Gasteiger partial charge in [-0.15, -0.1) is 0 Å². The van der Waals surface area contributed by atoms with Gasteiger partial charge in [0.2, 0.25) is 0 Å². The third-order valence-electron chi connectivity index (χ3n) is 2.91. The van der Waals surface area contributed by atoms with Gasteiger partial charge < -0.3 is 5.11 Å². The Morgan fingerprint density at radius 3 is 2.39 bits per heavy atom. The van der Waals surface area contributed by atoms with Crippen molar-refractivity contribution in [3.05, 3.63) is 41.6 Å². The number of carbonyl (C=O) groups is 1. The van der Waals surface area contributed by atoms with Gasteiger partial charge in [0, 0.05) is 18.2 Å². The summed E-state index contributed by atoms with van der Waals surface area (Å²) >= 11 is 0. The molecule has 4 heteroatoms. The third-order valence-corrected chi connectivity index (χ3v) is 2.91. The first-order valence-corrected chi connectivity index (χ1v) is 5.88. The van der Waals surface area contributed by atoms with Crippen LogP contribution in [0.1, 0.15) is 35.8 Å². The predicted octanol–water partition coefficient (Wildman–Crippen LogP) is 2.91. The van der Waals surface area contributed by atoms with Crippen LogP contribution >= 0.6 is 0 Å². The smallest absolute Gasteiger partial charge is 0.356 e. The molecule has 0 aliphatic carbocycles. The molecular weight excluding hydrogens is 228 g/mol. The molecule has 2 rings (SSSR count). The Morgan fingerprint density at radius 1 is 1.28 bits per heavy atom. The van der Waals surface area contributed by atoms with Gasteiger partial charge in [-0.05, 0) is 5.92 Å². The molecule has 0 bridgehead atoms. The second-order valence-electron chi connectivity index (χ2n) is 4.56. The molecule has 1 N–H and O–H groups in total. The van der Waals surface area contributed by atoms with Crippen LogP contribution < -0.4 is 0 Å². The average molecular weight is 244 g/mol. The number of carboxylic acids is 1. The monoisotopic (exact) mass is 244 g/mol. The number of hydrogen-bond donors (Lipinski definition) is 1. The van der Waals surface area contributed by atoms with E-state index in [9.17, 15) is 9.90 Å². The van der Waals surface area contributed by atoms with Gasteiger partial charge in [-0.25, -0.2) is 4.79 Å². The summed E-state index contributed by atoms with van der Waals surface area (Å²) < 4.78 is 1.65. The van der Waals surface area contributed by atoms with Crippen LogP contribution in [0.4, 0.5) is 0 Å². The molecule has 0 unspecified atom stereocenters. The lowest BCUT2D eigenvalue weighted by Crippen LogP contribution is -2.03. The number of aromatic carboxylic acids is 1. The van der Waals surface area contributed by atoms with Crippen molar-refractivity contribution in [2.75, 3.05) is 0 Å². The van der Waals surface area contributed by atoms with Crippen LogP contribution in [0.5, 0.6) is 0 Å². The van der Waals surface area contributed by atoms with Crippen LogP contribution in [-0.4, -0.2) is 20.9 Å². The molecule has 0 saturated heterocycles. The number of rotatable bonds is 3. The highest BCUT2D eigenvalue weighted by molar-refractivity contribution is 5.90. The highest BCUT2D eigenvalue weighted by atomic mass is 16.4. The standard InChI is InChI=1S/C14H16N2O2/c1-9(2)11-12(14(17)18)15-16(3)13(11)10-7-5-4-6-8-10/h4-9H,1-3H3,(H,17,18). The van der Waals surface area contributed by atoms with Crippen LogP contribution in [-0.2, 0) is 7.05 Å². The molecule has 94 valence electrons. The van der Waals surface area contributed by atoms with Crippen molar-refractivity contribution in [1.29, 1.82) is 0 Å². The van der Waals surface area contributed by atoms with Crippen molar-refractivity contribution in [3.8, 4) is 11.3 Å². The van der Waals surface area contributed by atoms with E-state index < -0.39 is 5.97 Å². The molecule has 1 aromatic heterocycles. The minimum absolute atomic E-state index is 0.111. The molecule has 1 aromatic carbocycles. The van der Waals surface area contributed by atoms with Crippen molar-refractivity contribution in [3.63, 3.8) is 0 Å². The van der Waals surface area contributed by atoms with E-state index in [0.29, 0.717) is 0 Å². The first-order chi connectivity index (χ1) is 8.52. The van der Waals surface area contributed by atoms with Crippen LogP contribution in [0.15, 0.2) is 30.3 Å². The maximum Gasteiger partial charge on any atom is 0.356 e. The molecule has 0 saturated carbocycles. The Kier molecular flexibility index (Phi) is 3.19. The summed E-state index contributed by atoms with van der Waals surface area (Å²) in [6.45, 7) is 3.96. The first-order valence-electron chi connectivity index (χ1n) is 5.88. The second kappa shape index (κ2) is 4.64. The Labute approximate surface area is 106 Å². The van der Waals surface area contributed by atoms with Crippen LogP contribution in [0.25, 0.3) is 11.3 Å². The Hall–Kier alpha value is -2.10. The molecule has 2 aromatic rings. The first kappa shape index (κ1) is 12.4. The summed E-state index contributed by atoms with van der Waals surface area (Å²) in [7, 11) is 1.78. The SMILES string of the molecule is CC(C)c1c(C(=O)O)nn(C)c1-c1ccccc1. The maximum absolute atomic E-state index is 11.2. The van der Waals surface area contributed by atoms with Crippen LogP contribution in [0, 0.1) is 0 Å². The van der Waals surface area contributed by atoms with Crippen molar-refractivity contribution in [1.82, 2.24) is 9.78 Å². The van der Waals surface area contributed by atoms with Gasteiger partial charge in [-0.2, -0.15) is 5.10 Å². The van der Waals surface area contributed by atoms with Crippen molar-refractivity contribution in [2.45, 2.75) is 19.8 Å². The van der Waals surface area contributed by atoms with Crippen LogP contribution in [0.3, 0.4) is 0 Å². The van der Waals surface area contributed by atoms with E-state index in [-0.39, 0.29) is 11.6 Å². The Balaban J connectivity index is 2.71. The molecule has 1 heterocycles. The lowest BCUT2D eigenvalue weighted by molar-refractivity contribution is 0.0688. The lowest BCUT2D eigenvalue weighted by Gasteiger charge is -2.09. The second-order valence-corrected chi connectivity index (χ2v) is 4.56. The summed E-state index contributed by atoms with van der Waals surface area (Å²) in [6.07, 6.45) is 0. The summed E-state index contributed by atoms with van der Waals surface area (Å²) in [6, 6.07) is 9.75. The lowest BCUT2D eigenvalue weighted by atomic mass is 9.96. The summed E-state index contributed by atoms with van der Waals surface area (Å²) in [5.74, 6) is -0.864. The Morgan fingerprint density at radius 2 is 1.89 bits per heavy atom. The summed E-state index contributed by atoms with van der Waals surface area (Å²) in [5, 5.41) is 13.3. The molecule has 0 spiro atoms. The highest BCUT2D eigenvalue weighted by Gasteiger charge is 2.23. The molecule has 0 aliphatic heterocycles. The zero-order valence-electron chi connectivity index (χ0n) is 10.7. The fourth-order valence-corrected chi connectivity index (χ4v) is 2.18. The highest BCUT2D eigenvalue weighted by Crippen LogP contribution is 2.31. The van der Waals surface area contributed by atoms with Gasteiger partial charge in [-0.3, -0.25) is 4.68 Å². The topological polar surface area (TPSA) is 55.1 Å². The van der Waals surface area contributed by atoms with Crippen molar-refractivity contribution in [2.24, 2.45) is 7.05 Å². The molecule has 4 nitrogen and oxygen atoms in total. The molecule has 0 atom stereocenters. The molecule has 18 heavy (non-hydrogen) atoms. The number of nitrogens with zero attached hydrogens (tertiary/aromatic N) is 2. The molecule has 0 amide bonds. The van der Waals surface area contributed by atoms with Crippen LogP contribution in [0.2, 0.25) is 0 Å². The normalized spacial score (nSPS) is 10.9. The van der Waals surface area contributed by atoms with Crippen molar-refractivity contribution >= 4 is 5.97 Å². The zero-order chi connectivity index (χ0) is 13.3. The summed E-state index contributed by atoms with van der Waals surface area (Å²) in [4.78, 5) is 11.2. The van der Waals surface area contributed by atoms with Crippen molar-refractivity contribution < 1.29 is 9.90 Å². The van der Waals surface area contributed by atoms with E-state index in [2.05, 4.69) is 5.10 Å². The molecular formula is C14H16N2O2. The van der Waals surface area contributed by atoms with E-state index in [1.54, 1.807) is 11.7 Å². The zero-order valence-corrected chi connectivity index (χ0v) is 10.7. The van der Waals surface area contributed by atoms with Gasteiger partial charge in [0.1, 0.15) is 0 Å². The minimum atomic E-state index is -0.975. The van der Waals surface area contributed by atoms with E-state index >= 15 is 0 Å². The van der Waals surface area contributed by atoms with E-state index in [1.807, 2.05) is 44.2 Å². The quantitative estimate of drug-likeness (QED) is 0.903. The predicted molar refractivity (Wildman–Crippen MR) is 69.7 cm³/mol. The fourth-order valence-electron chi connectivity index (χ4n) is 2.18. The Bertz CT molecular complexity index is 571. The number of aromatic nitrogens is 2. The number of benzene rings is 1. The minimum Gasteiger partial charge on any atom is -0.476 e. The summed E-state index contributed by atoms with van der Waals surface area (Å²) in [5.41, 5.74) is 2.80. The number of carboxylic acid groups (broad SMARTS) is 1. The third kappa shape index (κ3) is 2.01. The van der Waals surface area contributed by atoms with Gasteiger partial charge in [-0.1, -0.05) is 44.2 Å².